The minimum Gasteiger partial charge on any atom is -0.468 e. The van der Waals surface area contributed by atoms with Crippen LogP contribution in [0.4, 0.5) is 11.4 Å². The molecule has 6 nitrogen and oxygen atoms in total. The molecule has 0 bridgehead atoms. The summed E-state index contributed by atoms with van der Waals surface area (Å²) in [5, 5.41) is 2.88. The van der Waals surface area contributed by atoms with Crippen LogP contribution < -0.4 is 10.2 Å². The van der Waals surface area contributed by atoms with Gasteiger partial charge in [0.1, 0.15) is 6.54 Å². The molecular weight excluding hydrogens is 376 g/mol. The molecule has 0 saturated heterocycles. The maximum atomic E-state index is 12.8. The van der Waals surface area contributed by atoms with E-state index in [0.29, 0.717) is 11.4 Å². The lowest BCUT2D eigenvalue weighted by Gasteiger charge is -2.19. The summed E-state index contributed by atoms with van der Waals surface area (Å²) in [4.78, 5) is 39.2. The second-order valence-corrected chi connectivity index (χ2v) is 8.02. The second-order valence-electron chi connectivity index (χ2n) is 6.97. The molecule has 3 rings (SSSR count). The maximum absolute atomic E-state index is 12.8. The van der Waals surface area contributed by atoms with Crippen molar-refractivity contribution in [2.45, 2.75) is 24.2 Å². The van der Waals surface area contributed by atoms with E-state index < -0.39 is 11.4 Å². The number of hydrogen-bond acceptors (Lipinski definition) is 5. The van der Waals surface area contributed by atoms with Crippen LogP contribution in [0, 0.1) is 0 Å². The lowest BCUT2D eigenvalue weighted by atomic mass is 9.86. The molecule has 2 amide bonds. The fraction of sp³-hybridized carbons (Fsp3) is 0.286. The first kappa shape index (κ1) is 19.9. The van der Waals surface area contributed by atoms with Crippen molar-refractivity contribution >= 4 is 40.9 Å². The molecule has 2 aromatic rings. The number of benzene rings is 2. The molecule has 0 spiro atoms. The highest BCUT2D eigenvalue weighted by atomic mass is 32.2. The number of rotatable bonds is 6. The van der Waals surface area contributed by atoms with E-state index in [4.69, 9.17) is 4.74 Å². The van der Waals surface area contributed by atoms with Gasteiger partial charge in [-0.05, 0) is 49.7 Å². The average Bonchev–Trinajstić information content (AvgIpc) is 2.87. The third kappa shape index (κ3) is 4.04. The highest BCUT2D eigenvalue weighted by Crippen LogP contribution is 2.42. The van der Waals surface area contributed by atoms with Gasteiger partial charge < -0.3 is 15.0 Å². The number of carbonyl (C=O) groups excluding carboxylic acids is 3. The van der Waals surface area contributed by atoms with Gasteiger partial charge in [0.25, 0.3) is 0 Å². The minimum atomic E-state index is -0.789. The van der Waals surface area contributed by atoms with Crippen molar-refractivity contribution in [3.63, 3.8) is 0 Å². The van der Waals surface area contributed by atoms with Gasteiger partial charge in [-0.15, -0.1) is 11.8 Å². The zero-order valence-corrected chi connectivity index (χ0v) is 16.8. The third-order valence-electron chi connectivity index (χ3n) is 4.65. The Balaban J connectivity index is 1.73. The van der Waals surface area contributed by atoms with Gasteiger partial charge in [0.15, 0.2) is 0 Å². The lowest BCUT2D eigenvalue weighted by molar-refractivity contribution is -0.140. The van der Waals surface area contributed by atoms with Crippen LogP contribution in [0.2, 0.25) is 0 Å². The Labute approximate surface area is 168 Å². The smallest absolute Gasteiger partial charge is 0.325 e. The van der Waals surface area contributed by atoms with E-state index in [2.05, 4.69) is 5.32 Å². The number of esters is 1. The van der Waals surface area contributed by atoms with Gasteiger partial charge in [0.2, 0.25) is 11.8 Å². The quantitative estimate of drug-likeness (QED) is 0.597. The van der Waals surface area contributed by atoms with Crippen LogP contribution in [0.1, 0.15) is 19.4 Å². The Bertz CT molecular complexity index is 912. The fourth-order valence-corrected chi connectivity index (χ4v) is 3.84. The van der Waals surface area contributed by atoms with Crippen LogP contribution in [0.25, 0.3) is 0 Å². The Morgan fingerprint density at radius 3 is 2.54 bits per heavy atom. The molecule has 28 heavy (non-hydrogen) atoms. The van der Waals surface area contributed by atoms with Crippen molar-refractivity contribution in [3.05, 3.63) is 54.1 Å². The molecule has 0 saturated carbocycles. The van der Waals surface area contributed by atoms with E-state index in [1.807, 2.05) is 44.2 Å². The molecule has 0 aromatic heterocycles. The SMILES string of the molecule is COC(=O)CN1C(=O)C(C)(C)c2cc(NC(=O)CSc3ccccc3)ccc21. The summed E-state index contributed by atoms with van der Waals surface area (Å²) in [5.41, 5.74) is 1.27. The van der Waals surface area contributed by atoms with Gasteiger partial charge in [-0.3, -0.25) is 14.4 Å². The topological polar surface area (TPSA) is 75.7 Å². The number of carbonyl (C=O) groups is 3. The molecule has 0 unspecified atom stereocenters. The number of hydrogen-bond donors (Lipinski definition) is 1. The Hall–Kier alpha value is -2.80. The van der Waals surface area contributed by atoms with E-state index in [9.17, 15) is 14.4 Å². The third-order valence-corrected chi connectivity index (χ3v) is 5.66. The molecule has 2 aromatic carbocycles. The van der Waals surface area contributed by atoms with Gasteiger partial charge in [0.05, 0.1) is 18.3 Å². The van der Waals surface area contributed by atoms with Crippen molar-refractivity contribution in [1.29, 1.82) is 0 Å². The maximum Gasteiger partial charge on any atom is 0.325 e. The summed E-state index contributed by atoms with van der Waals surface area (Å²) in [7, 11) is 1.29. The van der Waals surface area contributed by atoms with Crippen LogP contribution in [0.15, 0.2) is 53.4 Å². The van der Waals surface area contributed by atoms with Gasteiger partial charge in [-0.2, -0.15) is 0 Å². The molecule has 0 radical (unpaired) electrons. The molecule has 146 valence electrons. The summed E-state index contributed by atoms with van der Waals surface area (Å²) < 4.78 is 4.69. The van der Waals surface area contributed by atoms with Crippen LogP contribution in [-0.2, 0) is 24.5 Å². The first-order chi connectivity index (χ1) is 13.3. The predicted molar refractivity (Wildman–Crippen MR) is 110 cm³/mol. The molecule has 0 aliphatic carbocycles. The van der Waals surface area contributed by atoms with Crippen molar-refractivity contribution in [2.24, 2.45) is 0 Å². The van der Waals surface area contributed by atoms with Crippen molar-refractivity contribution in [1.82, 2.24) is 0 Å². The number of methoxy groups -OCH3 is 1. The van der Waals surface area contributed by atoms with Crippen LogP contribution in [0.5, 0.6) is 0 Å². The zero-order chi connectivity index (χ0) is 20.3. The Morgan fingerprint density at radius 1 is 1.14 bits per heavy atom. The normalized spacial score (nSPS) is 14.5. The lowest BCUT2D eigenvalue weighted by Crippen LogP contribution is -2.39. The van der Waals surface area contributed by atoms with E-state index in [1.165, 1.54) is 23.8 Å². The van der Waals surface area contributed by atoms with Crippen LogP contribution in [0.3, 0.4) is 0 Å². The number of ether oxygens (including phenoxy) is 1. The molecule has 7 heteroatoms. The van der Waals surface area contributed by atoms with Crippen molar-refractivity contribution in [2.75, 3.05) is 29.6 Å². The molecule has 1 N–H and O–H groups in total. The minimum absolute atomic E-state index is 0.123. The number of anilines is 2. The second kappa shape index (κ2) is 8.06. The fourth-order valence-electron chi connectivity index (χ4n) is 3.13. The van der Waals surface area contributed by atoms with E-state index in [1.54, 1.807) is 18.2 Å². The summed E-state index contributed by atoms with van der Waals surface area (Å²) in [6.07, 6.45) is 0. The first-order valence-corrected chi connectivity index (χ1v) is 9.82. The molecule has 1 aliphatic rings. The van der Waals surface area contributed by atoms with Crippen LogP contribution in [-0.4, -0.2) is 37.2 Å². The molecular formula is C21H22N2O4S. The number of nitrogens with zero attached hydrogens (tertiary/aromatic N) is 1. The molecule has 0 atom stereocenters. The monoisotopic (exact) mass is 398 g/mol. The van der Waals surface area contributed by atoms with Gasteiger partial charge >= 0.3 is 5.97 Å². The van der Waals surface area contributed by atoms with Crippen molar-refractivity contribution in [3.8, 4) is 0 Å². The van der Waals surface area contributed by atoms with Crippen LogP contribution >= 0.6 is 11.8 Å². The first-order valence-electron chi connectivity index (χ1n) is 8.84. The summed E-state index contributed by atoms with van der Waals surface area (Å²) in [6.45, 7) is 3.48. The van der Waals surface area contributed by atoms with Gasteiger partial charge in [-0.25, -0.2) is 0 Å². The number of amides is 2. The van der Waals surface area contributed by atoms with Crippen molar-refractivity contribution < 1.29 is 19.1 Å². The number of nitrogens with one attached hydrogen (secondary N) is 1. The molecule has 1 heterocycles. The summed E-state index contributed by atoms with van der Waals surface area (Å²) in [5.74, 6) is -0.483. The van der Waals surface area contributed by atoms with E-state index in [-0.39, 0.29) is 24.1 Å². The predicted octanol–water partition coefficient (Wildman–Crippen LogP) is 3.21. The van der Waals surface area contributed by atoms with E-state index >= 15 is 0 Å². The van der Waals surface area contributed by atoms with Gasteiger partial charge in [0, 0.05) is 16.3 Å². The largest absolute Gasteiger partial charge is 0.468 e. The Morgan fingerprint density at radius 2 is 1.86 bits per heavy atom. The number of thioether (sulfide) groups is 1. The zero-order valence-electron chi connectivity index (χ0n) is 16.0. The average molecular weight is 398 g/mol. The number of fused-ring (bicyclic) bond motifs is 1. The highest BCUT2D eigenvalue weighted by Gasteiger charge is 2.44. The summed E-state index contributed by atoms with van der Waals surface area (Å²) in [6, 6.07) is 15.0. The van der Waals surface area contributed by atoms with Gasteiger partial charge in [-0.1, -0.05) is 18.2 Å². The molecule has 0 fully saturated rings. The standard InChI is InChI=1S/C21H22N2O4S/c1-21(2)16-11-14(22-18(24)13-28-15-7-5-4-6-8-15)9-10-17(16)23(20(21)26)12-19(25)27-3/h4-11H,12-13H2,1-3H3,(H,22,24). The molecule has 1 aliphatic heterocycles. The van der Waals surface area contributed by atoms with E-state index in [0.717, 1.165) is 10.5 Å². The summed E-state index contributed by atoms with van der Waals surface area (Å²) >= 11 is 1.46. The highest BCUT2D eigenvalue weighted by molar-refractivity contribution is 8.00. The Kier molecular flexibility index (Phi) is 5.74.